The highest BCUT2D eigenvalue weighted by Crippen LogP contribution is 2.13. The van der Waals surface area contributed by atoms with Gasteiger partial charge in [-0.25, -0.2) is 5.43 Å². The molecule has 3 nitrogen and oxygen atoms in total. The zero-order valence-corrected chi connectivity index (χ0v) is 11.7. The van der Waals surface area contributed by atoms with Crippen molar-refractivity contribution in [3.05, 3.63) is 71.3 Å². The van der Waals surface area contributed by atoms with Gasteiger partial charge in [-0.2, -0.15) is 5.10 Å². The predicted octanol–water partition coefficient (Wildman–Crippen LogP) is 3.57. The van der Waals surface area contributed by atoms with Gasteiger partial charge in [0.1, 0.15) is 0 Å². The van der Waals surface area contributed by atoms with Crippen LogP contribution in [0.1, 0.15) is 41.3 Å². The fourth-order valence-corrected chi connectivity index (χ4v) is 1.79. The maximum atomic E-state index is 11.8. The Bertz CT molecular complexity index is 586. The summed E-state index contributed by atoms with van der Waals surface area (Å²) in [4.78, 5) is 11.8. The van der Waals surface area contributed by atoms with Gasteiger partial charge in [-0.05, 0) is 29.2 Å². The van der Waals surface area contributed by atoms with Crippen molar-refractivity contribution in [2.24, 2.45) is 5.10 Å². The molecule has 102 valence electrons. The first-order valence-corrected chi connectivity index (χ1v) is 6.65. The molecule has 20 heavy (non-hydrogen) atoms. The molecule has 0 fully saturated rings. The van der Waals surface area contributed by atoms with Gasteiger partial charge in [0.25, 0.3) is 5.91 Å². The van der Waals surface area contributed by atoms with Crippen LogP contribution in [-0.4, -0.2) is 12.1 Å². The summed E-state index contributed by atoms with van der Waals surface area (Å²) >= 11 is 0. The first-order valence-electron chi connectivity index (χ1n) is 6.65. The topological polar surface area (TPSA) is 41.5 Å². The van der Waals surface area contributed by atoms with Gasteiger partial charge in [-0.1, -0.05) is 56.3 Å². The maximum Gasteiger partial charge on any atom is 0.271 e. The minimum atomic E-state index is -0.208. The zero-order valence-electron chi connectivity index (χ0n) is 11.7. The Kier molecular flexibility index (Phi) is 4.66. The highest BCUT2D eigenvalue weighted by Gasteiger charge is 2.01. The highest BCUT2D eigenvalue weighted by atomic mass is 16.2. The summed E-state index contributed by atoms with van der Waals surface area (Å²) < 4.78 is 0. The lowest BCUT2D eigenvalue weighted by atomic mass is 10.0. The Morgan fingerprint density at radius 1 is 1.05 bits per heavy atom. The van der Waals surface area contributed by atoms with E-state index in [0.29, 0.717) is 11.5 Å². The van der Waals surface area contributed by atoms with E-state index in [2.05, 4.69) is 36.5 Å². The molecule has 2 aromatic rings. The molecule has 0 radical (unpaired) electrons. The fraction of sp³-hybridized carbons (Fsp3) is 0.176. The Morgan fingerprint density at radius 3 is 2.30 bits per heavy atom. The SMILES string of the molecule is CC(C)c1ccc(/C=N\NC(=O)c2ccccc2)cc1. The highest BCUT2D eigenvalue weighted by molar-refractivity contribution is 5.94. The van der Waals surface area contributed by atoms with Crippen molar-refractivity contribution in [1.82, 2.24) is 5.43 Å². The van der Waals surface area contributed by atoms with Crippen molar-refractivity contribution in [2.75, 3.05) is 0 Å². The van der Waals surface area contributed by atoms with E-state index in [1.165, 1.54) is 5.56 Å². The Hall–Kier alpha value is -2.42. The second kappa shape index (κ2) is 6.66. The van der Waals surface area contributed by atoms with E-state index in [-0.39, 0.29) is 5.91 Å². The molecule has 1 amide bonds. The van der Waals surface area contributed by atoms with Crippen molar-refractivity contribution in [3.8, 4) is 0 Å². The van der Waals surface area contributed by atoms with E-state index < -0.39 is 0 Å². The van der Waals surface area contributed by atoms with Gasteiger partial charge in [0, 0.05) is 5.56 Å². The van der Waals surface area contributed by atoms with Gasteiger partial charge >= 0.3 is 0 Å². The number of carbonyl (C=O) groups is 1. The van der Waals surface area contributed by atoms with Crippen molar-refractivity contribution < 1.29 is 4.79 Å². The van der Waals surface area contributed by atoms with Gasteiger partial charge in [0.15, 0.2) is 0 Å². The minimum Gasteiger partial charge on any atom is -0.267 e. The van der Waals surface area contributed by atoms with Crippen LogP contribution in [0.25, 0.3) is 0 Å². The number of carbonyl (C=O) groups excluding carboxylic acids is 1. The van der Waals surface area contributed by atoms with E-state index >= 15 is 0 Å². The van der Waals surface area contributed by atoms with Crippen LogP contribution in [0.4, 0.5) is 0 Å². The summed E-state index contributed by atoms with van der Waals surface area (Å²) in [5, 5.41) is 3.97. The normalized spacial score (nSPS) is 10.9. The van der Waals surface area contributed by atoms with Crippen LogP contribution in [0.5, 0.6) is 0 Å². The molecule has 0 unspecified atom stereocenters. The van der Waals surface area contributed by atoms with Gasteiger partial charge in [-0.15, -0.1) is 0 Å². The third kappa shape index (κ3) is 3.79. The first kappa shape index (κ1) is 14.0. The molecular formula is C17H18N2O. The summed E-state index contributed by atoms with van der Waals surface area (Å²) in [6.07, 6.45) is 1.64. The Morgan fingerprint density at radius 2 is 1.70 bits per heavy atom. The van der Waals surface area contributed by atoms with Crippen LogP contribution in [0.15, 0.2) is 59.7 Å². The molecule has 2 rings (SSSR count). The average molecular weight is 266 g/mol. The molecular weight excluding hydrogens is 248 g/mol. The molecule has 1 N–H and O–H groups in total. The van der Waals surface area contributed by atoms with E-state index in [1.807, 2.05) is 30.3 Å². The summed E-state index contributed by atoms with van der Waals surface area (Å²) in [5.41, 5.74) is 5.36. The summed E-state index contributed by atoms with van der Waals surface area (Å²) in [6, 6.07) is 17.2. The van der Waals surface area contributed by atoms with Crippen molar-refractivity contribution in [3.63, 3.8) is 0 Å². The predicted molar refractivity (Wildman–Crippen MR) is 82.0 cm³/mol. The lowest BCUT2D eigenvalue weighted by molar-refractivity contribution is 0.0955. The van der Waals surface area contributed by atoms with Crippen LogP contribution in [-0.2, 0) is 0 Å². The lowest BCUT2D eigenvalue weighted by Crippen LogP contribution is -2.17. The molecule has 0 spiro atoms. The quantitative estimate of drug-likeness (QED) is 0.667. The van der Waals surface area contributed by atoms with Crippen molar-refractivity contribution in [1.29, 1.82) is 0 Å². The van der Waals surface area contributed by atoms with Crippen LogP contribution >= 0.6 is 0 Å². The molecule has 0 heterocycles. The van der Waals surface area contributed by atoms with E-state index in [1.54, 1.807) is 18.3 Å². The molecule has 0 bridgehead atoms. The molecule has 0 aliphatic carbocycles. The Labute approximate surface area is 119 Å². The first-order chi connectivity index (χ1) is 9.66. The monoisotopic (exact) mass is 266 g/mol. The van der Waals surface area contributed by atoms with E-state index in [0.717, 1.165) is 5.56 Å². The zero-order chi connectivity index (χ0) is 14.4. The van der Waals surface area contributed by atoms with E-state index in [4.69, 9.17) is 0 Å². The smallest absolute Gasteiger partial charge is 0.267 e. The number of amides is 1. The van der Waals surface area contributed by atoms with Crippen LogP contribution in [0.3, 0.4) is 0 Å². The Balaban J connectivity index is 1.95. The molecule has 0 saturated heterocycles. The van der Waals surface area contributed by atoms with Gasteiger partial charge in [0.05, 0.1) is 6.21 Å². The number of nitrogens with zero attached hydrogens (tertiary/aromatic N) is 1. The number of benzene rings is 2. The standard InChI is InChI=1S/C17H18N2O/c1-13(2)15-10-8-14(9-11-15)12-18-19-17(20)16-6-4-3-5-7-16/h3-13H,1-2H3,(H,19,20)/b18-12-. The van der Waals surface area contributed by atoms with Crippen molar-refractivity contribution in [2.45, 2.75) is 19.8 Å². The second-order valence-electron chi connectivity index (χ2n) is 4.89. The van der Waals surface area contributed by atoms with Gasteiger partial charge < -0.3 is 0 Å². The largest absolute Gasteiger partial charge is 0.271 e. The van der Waals surface area contributed by atoms with Crippen molar-refractivity contribution >= 4 is 12.1 Å². The number of nitrogens with one attached hydrogen (secondary N) is 1. The molecule has 2 aromatic carbocycles. The number of hydrogen-bond acceptors (Lipinski definition) is 2. The average Bonchev–Trinajstić information content (AvgIpc) is 2.48. The van der Waals surface area contributed by atoms with Gasteiger partial charge in [-0.3, -0.25) is 4.79 Å². The van der Waals surface area contributed by atoms with Crippen LogP contribution in [0, 0.1) is 0 Å². The molecule has 0 aromatic heterocycles. The fourth-order valence-electron chi connectivity index (χ4n) is 1.79. The molecule has 0 aliphatic rings. The van der Waals surface area contributed by atoms with Crippen LogP contribution < -0.4 is 5.43 Å². The van der Waals surface area contributed by atoms with Crippen LogP contribution in [0.2, 0.25) is 0 Å². The van der Waals surface area contributed by atoms with Gasteiger partial charge in [0.2, 0.25) is 0 Å². The molecule has 0 aliphatic heterocycles. The summed E-state index contributed by atoms with van der Waals surface area (Å²) in [6.45, 7) is 4.31. The summed E-state index contributed by atoms with van der Waals surface area (Å²) in [7, 11) is 0. The number of rotatable bonds is 4. The maximum absolute atomic E-state index is 11.8. The third-order valence-electron chi connectivity index (χ3n) is 3.02. The molecule has 0 atom stereocenters. The molecule has 3 heteroatoms. The second-order valence-corrected chi connectivity index (χ2v) is 4.89. The minimum absolute atomic E-state index is 0.208. The number of hydrazone groups is 1. The lowest BCUT2D eigenvalue weighted by Gasteiger charge is -2.04. The summed E-state index contributed by atoms with van der Waals surface area (Å²) in [5.74, 6) is 0.305. The number of hydrogen-bond donors (Lipinski definition) is 1. The van der Waals surface area contributed by atoms with E-state index in [9.17, 15) is 4.79 Å². The third-order valence-corrected chi connectivity index (χ3v) is 3.02. The molecule has 0 saturated carbocycles.